The Morgan fingerprint density at radius 1 is 1.06 bits per heavy atom. The summed E-state index contributed by atoms with van der Waals surface area (Å²) in [6.07, 6.45) is 1.18. The number of anilines is 1. The number of esters is 1. The zero-order valence-corrected chi connectivity index (χ0v) is 28.2. The zero-order chi connectivity index (χ0) is 35.5. The number of ether oxygens (including phenoxy) is 2. The van der Waals surface area contributed by atoms with Crippen molar-refractivity contribution < 1.29 is 37.0 Å². The van der Waals surface area contributed by atoms with E-state index in [1.165, 1.54) is 34.9 Å². The van der Waals surface area contributed by atoms with Crippen LogP contribution in [0, 0.1) is 28.8 Å². The Labute approximate surface area is 287 Å². The highest BCUT2D eigenvalue weighted by Crippen LogP contribution is 2.36. The molecular formula is C36H37F3N4O5S. The second-order valence-electron chi connectivity index (χ2n) is 13.0. The molecule has 0 spiro atoms. The fourth-order valence-electron chi connectivity index (χ4n) is 5.99. The van der Waals surface area contributed by atoms with Crippen molar-refractivity contribution in [1.82, 2.24) is 4.90 Å². The molecule has 0 bridgehead atoms. The van der Waals surface area contributed by atoms with Crippen LogP contribution in [-0.4, -0.2) is 52.7 Å². The molecule has 2 aliphatic rings. The van der Waals surface area contributed by atoms with E-state index in [2.05, 4.69) is 0 Å². The number of nitriles is 1. The molecule has 2 N–H and O–H groups in total. The normalized spacial score (nSPS) is 15.5. The number of thioether (sulfide) groups is 1. The van der Waals surface area contributed by atoms with Gasteiger partial charge in [0, 0.05) is 40.8 Å². The van der Waals surface area contributed by atoms with Crippen molar-refractivity contribution in [3.8, 4) is 11.8 Å². The Bertz CT molecular complexity index is 1780. The number of primary amides is 1. The molecule has 1 saturated heterocycles. The third-order valence-corrected chi connectivity index (χ3v) is 9.66. The van der Waals surface area contributed by atoms with Gasteiger partial charge in [-0.2, -0.15) is 5.26 Å². The second-order valence-corrected chi connectivity index (χ2v) is 14.4. The predicted octanol–water partition coefficient (Wildman–Crippen LogP) is 6.25. The molecular weight excluding hydrogens is 657 g/mol. The third-order valence-electron chi connectivity index (χ3n) is 8.35. The van der Waals surface area contributed by atoms with E-state index in [0.29, 0.717) is 42.1 Å². The van der Waals surface area contributed by atoms with E-state index in [0.717, 1.165) is 0 Å². The number of amides is 2. The number of benzene rings is 3. The average Bonchev–Trinajstić information content (AvgIpc) is 3.36. The lowest BCUT2D eigenvalue weighted by Gasteiger charge is -2.33. The fourth-order valence-corrected chi connectivity index (χ4v) is 7.16. The molecule has 0 unspecified atom stereocenters. The van der Waals surface area contributed by atoms with E-state index in [-0.39, 0.29) is 47.1 Å². The molecule has 3 aromatic rings. The summed E-state index contributed by atoms with van der Waals surface area (Å²) in [5.41, 5.74) is 6.02. The number of hydrogen-bond donors (Lipinski definition) is 1. The van der Waals surface area contributed by atoms with E-state index in [9.17, 15) is 18.8 Å². The molecule has 2 amide bonds. The minimum Gasteiger partial charge on any atom is -0.488 e. The number of halogens is 3. The number of nitrogens with zero attached hydrogens (tertiary/aromatic N) is 3. The number of carbonyl (C=O) groups is 3. The molecule has 2 heterocycles. The summed E-state index contributed by atoms with van der Waals surface area (Å²) in [6.45, 7) is 5.80. The van der Waals surface area contributed by atoms with Crippen LogP contribution in [0.5, 0.6) is 5.75 Å². The maximum absolute atomic E-state index is 15.2. The summed E-state index contributed by atoms with van der Waals surface area (Å²) < 4.78 is 56.1. The monoisotopic (exact) mass is 694 g/mol. The van der Waals surface area contributed by atoms with Crippen LogP contribution in [0.1, 0.15) is 73.5 Å². The molecule has 5 rings (SSSR count). The van der Waals surface area contributed by atoms with Gasteiger partial charge < -0.3 is 25.0 Å². The van der Waals surface area contributed by atoms with Crippen molar-refractivity contribution >= 4 is 35.2 Å². The van der Waals surface area contributed by atoms with E-state index in [1.807, 2.05) is 11.0 Å². The fraction of sp³-hybridized carbons (Fsp3) is 0.389. The van der Waals surface area contributed by atoms with Gasteiger partial charge in [0.05, 0.1) is 29.4 Å². The highest BCUT2D eigenvalue weighted by molar-refractivity contribution is 8.00. The van der Waals surface area contributed by atoms with Crippen molar-refractivity contribution in [3.05, 3.63) is 88.2 Å². The molecule has 49 heavy (non-hydrogen) atoms. The Balaban J connectivity index is 1.20. The van der Waals surface area contributed by atoms with Gasteiger partial charge in [-0.3, -0.25) is 14.4 Å². The van der Waals surface area contributed by atoms with Gasteiger partial charge in [0.1, 0.15) is 41.5 Å². The van der Waals surface area contributed by atoms with Gasteiger partial charge in [0.15, 0.2) is 0 Å². The first-order valence-corrected chi connectivity index (χ1v) is 16.8. The molecule has 0 saturated carbocycles. The standard InChI is InChI=1S/C36H37F3N4O5S/c1-36(2,3)48-33(44)10-9-31(34(41)45)43-19-25-24(35(43)46)5-4-6-32(25)47-20-26-27(37)16-23(17-28(26)38)49-22-11-13-42(14-12-22)30-8-7-21(18-40)15-29(30)39/h4-8,15-17,22,31H,9-14,19-20H2,1-3H3,(H2,41,45)/t31-/m0/s1. The largest absolute Gasteiger partial charge is 0.488 e. The van der Waals surface area contributed by atoms with Crippen molar-refractivity contribution in [2.75, 3.05) is 18.0 Å². The van der Waals surface area contributed by atoms with Gasteiger partial charge in [-0.1, -0.05) is 6.07 Å². The minimum atomic E-state index is -1.08. The summed E-state index contributed by atoms with van der Waals surface area (Å²) >= 11 is 1.36. The van der Waals surface area contributed by atoms with E-state index in [4.69, 9.17) is 20.5 Å². The van der Waals surface area contributed by atoms with Crippen molar-refractivity contribution in [2.24, 2.45) is 5.73 Å². The molecule has 0 aromatic heterocycles. The molecule has 2 aliphatic heterocycles. The minimum absolute atomic E-state index is 0.0320. The van der Waals surface area contributed by atoms with Gasteiger partial charge in [0.2, 0.25) is 5.91 Å². The average molecular weight is 695 g/mol. The van der Waals surface area contributed by atoms with Gasteiger partial charge in [0.25, 0.3) is 5.91 Å². The highest BCUT2D eigenvalue weighted by atomic mass is 32.2. The second kappa shape index (κ2) is 14.8. The third kappa shape index (κ3) is 8.48. The van der Waals surface area contributed by atoms with Gasteiger partial charge in [-0.15, -0.1) is 11.8 Å². The Morgan fingerprint density at radius 2 is 1.76 bits per heavy atom. The molecule has 0 aliphatic carbocycles. The lowest BCUT2D eigenvalue weighted by molar-refractivity contribution is -0.155. The summed E-state index contributed by atoms with van der Waals surface area (Å²) in [7, 11) is 0. The molecule has 3 aromatic carbocycles. The Morgan fingerprint density at radius 3 is 2.37 bits per heavy atom. The maximum atomic E-state index is 15.2. The number of rotatable bonds is 11. The maximum Gasteiger partial charge on any atom is 0.306 e. The van der Waals surface area contributed by atoms with Crippen LogP contribution in [0.2, 0.25) is 0 Å². The number of nitrogens with two attached hydrogens (primary N) is 1. The van der Waals surface area contributed by atoms with Crippen LogP contribution in [-0.2, 0) is 27.5 Å². The SMILES string of the molecule is CC(C)(C)OC(=O)CC[C@@H](C(N)=O)N1Cc2c(OCc3c(F)cc(SC4CCN(c5ccc(C#N)cc5F)CC4)cc3F)cccc2C1=O. The number of carbonyl (C=O) groups excluding carboxylic acids is 3. The number of piperidine rings is 1. The quantitative estimate of drug-likeness (QED) is 0.234. The summed E-state index contributed by atoms with van der Waals surface area (Å²) in [5, 5.41) is 9.05. The first kappa shape index (κ1) is 35.6. The summed E-state index contributed by atoms with van der Waals surface area (Å²) in [4.78, 5) is 41.5. The van der Waals surface area contributed by atoms with Crippen molar-refractivity contribution in [3.63, 3.8) is 0 Å². The van der Waals surface area contributed by atoms with Gasteiger partial charge in [-0.25, -0.2) is 13.2 Å². The lowest BCUT2D eigenvalue weighted by Crippen LogP contribution is -2.45. The van der Waals surface area contributed by atoms with Crippen LogP contribution in [0.3, 0.4) is 0 Å². The van der Waals surface area contributed by atoms with Crippen LogP contribution in [0.4, 0.5) is 18.9 Å². The van der Waals surface area contributed by atoms with E-state index >= 15 is 8.78 Å². The van der Waals surface area contributed by atoms with Crippen molar-refractivity contribution in [2.45, 2.75) is 81.4 Å². The van der Waals surface area contributed by atoms with Crippen molar-refractivity contribution in [1.29, 1.82) is 5.26 Å². The van der Waals surface area contributed by atoms with Crippen LogP contribution < -0.4 is 15.4 Å². The predicted molar refractivity (Wildman–Crippen MR) is 177 cm³/mol. The number of hydrogen-bond acceptors (Lipinski definition) is 8. The van der Waals surface area contributed by atoms with E-state index < -0.39 is 53.5 Å². The first-order valence-electron chi connectivity index (χ1n) is 15.9. The molecule has 258 valence electrons. The number of fused-ring (bicyclic) bond motifs is 1. The zero-order valence-electron chi connectivity index (χ0n) is 27.4. The Hall–Kier alpha value is -4.70. The van der Waals surface area contributed by atoms with Gasteiger partial charge in [-0.05, 0) is 82.5 Å². The molecule has 1 fully saturated rings. The molecule has 1 atom stereocenters. The summed E-state index contributed by atoms with van der Waals surface area (Å²) in [6, 6.07) is 12.5. The first-order chi connectivity index (χ1) is 23.2. The summed E-state index contributed by atoms with van der Waals surface area (Å²) in [5.74, 6) is -3.56. The lowest BCUT2D eigenvalue weighted by atomic mass is 10.1. The molecule has 0 radical (unpaired) electrons. The van der Waals surface area contributed by atoms with Crippen LogP contribution in [0.25, 0.3) is 0 Å². The highest BCUT2D eigenvalue weighted by Gasteiger charge is 2.37. The Kier molecular flexibility index (Phi) is 10.8. The van der Waals surface area contributed by atoms with Gasteiger partial charge >= 0.3 is 5.97 Å². The smallest absolute Gasteiger partial charge is 0.306 e. The topological polar surface area (TPSA) is 126 Å². The van der Waals surface area contributed by atoms with Crippen LogP contribution >= 0.6 is 11.8 Å². The molecule has 13 heteroatoms. The van der Waals surface area contributed by atoms with Crippen LogP contribution in [0.15, 0.2) is 53.4 Å². The van der Waals surface area contributed by atoms with E-state index in [1.54, 1.807) is 51.1 Å². The molecule has 9 nitrogen and oxygen atoms in total.